The molecule has 5 rings (SSSR count). The molecule has 0 amide bonds. The first-order valence-corrected chi connectivity index (χ1v) is 9.67. The summed E-state index contributed by atoms with van der Waals surface area (Å²) in [5.41, 5.74) is 2.13. The van der Waals surface area contributed by atoms with Crippen molar-refractivity contribution in [2.75, 3.05) is 34.7 Å². The summed E-state index contributed by atoms with van der Waals surface area (Å²) in [6, 6.07) is 9.38. The van der Waals surface area contributed by atoms with Crippen LogP contribution in [-0.2, 0) is 16.0 Å². The van der Waals surface area contributed by atoms with Gasteiger partial charge in [-0.2, -0.15) is 0 Å². The molecule has 2 aliphatic heterocycles. The SMILES string of the molecule is COc1cccc(OC)c1OC.[B][C@@H]1c2cc3c(cc2C[C@@H]2C(=O)OC[C@@H]21)OCO3. The van der Waals surface area contributed by atoms with E-state index in [1.165, 1.54) is 0 Å². The number of ether oxygens (including phenoxy) is 6. The van der Waals surface area contributed by atoms with E-state index in [1.54, 1.807) is 21.3 Å². The number of fused-ring (bicyclic) bond motifs is 3. The molecule has 1 fully saturated rings. The molecule has 3 atom stereocenters. The Kier molecular flexibility index (Phi) is 5.66. The maximum Gasteiger partial charge on any atom is 0.309 e. The van der Waals surface area contributed by atoms with E-state index in [2.05, 4.69) is 0 Å². The Hall–Kier alpha value is -3.03. The second-order valence-corrected chi connectivity index (χ2v) is 7.23. The first-order chi connectivity index (χ1) is 14.6. The van der Waals surface area contributed by atoms with Crippen molar-refractivity contribution in [2.45, 2.75) is 12.2 Å². The van der Waals surface area contributed by atoms with E-state index in [1.807, 2.05) is 30.3 Å². The number of hydrogen-bond acceptors (Lipinski definition) is 7. The number of hydrogen-bond donors (Lipinski definition) is 0. The van der Waals surface area contributed by atoms with Gasteiger partial charge in [0.2, 0.25) is 12.5 Å². The summed E-state index contributed by atoms with van der Waals surface area (Å²) < 4.78 is 31.1. The van der Waals surface area contributed by atoms with Crippen LogP contribution in [0.3, 0.4) is 0 Å². The van der Waals surface area contributed by atoms with Crippen LogP contribution >= 0.6 is 0 Å². The number of cyclic esters (lactones) is 1. The van der Waals surface area contributed by atoms with Crippen molar-refractivity contribution in [3.05, 3.63) is 41.5 Å². The number of rotatable bonds is 3. The van der Waals surface area contributed by atoms with Crippen LogP contribution in [0.25, 0.3) is 0 Å². The van der Waals surface area contributed by atoms with Gasteiger partial charge < -0.3 is 28.4 Å². The third-order valence-electron chi connectivity index (χ3n) is 5.72. The van der Waals surface area contributed by atoms with Gasteiger partial charge in [-0.1, -0.05) is 6.07 Å². The minimum absolute atomic E-state index is 0.0883. The topological polar surface area (TPSA) is 72.5 Å². The Labute approximate surface area is 176 Å². The van der Waals surface area contributed by atoms with Gasteiger partial charge in [-0.3, -0.25) is 4.79 Å². The largest absolute Gasteiger partial charge is 0.493 e. The van der Waals surface area contributed by atoms with Gasteiger partial charge in [-0.05, 0) is 47.6 Å². The molecule has 2 heterocycles. The summed E-state index contributed by atoms with van der Waals surface area (Å²) in [4.78, 5) is 11.7. The lowest BCUT2D eigenvalue weighted by Gasteiger charge is -2.31. The van der Waals surface area contributed by atoms with Gasteiger partial charge in [0.25, 0.3) is 0 Å². The van der Waals surface area contributed by atoms with Gasteiger partial charge in [0.05, 0.1) is 41.7 Å². The van der Waals surface area contributed by atoms with Crippen LogP contribution in [0.2, 0.25) is 0 Å². The monoisotopic (exact) mass is 410 g/mol. The molecule has 2 aromatic carbocycles. The number of esters is 1. The number of carbonyl (C=O) groups excluding carboxylic acids is 1. The molecule has 1 aliphatic carbocycles. The number of benzene rings is 2. The predicted octanol–water partition coefficient (Wildman–Crippen LogP) is 2.68. The average molecular weight is 410 g/mol. The van der Waals surface area contributed by atoms with Crippen LogP contribution in [0.15, 0.2) is 30.3 Å². The molecule has 0 saturated carbocycles. The smallest absolute Gasteiger partial charge is 0.309 e. The van der Waals surface area contributed by atoms with Crippen molar-refractivity contribution in [3.8, 4) is 28.7 Å². The van der Waals surface area contributed by atoms with Gasteiger partial charge in [-0.25, -0.2) is 0 Å². The fraction of sp³-hybridized carbons (Fsp3) is 0.409. The molecule has 8 heteroatoms. The molecule has 3 aliphatic rings. The quantitative estimate of drug-likeness (QED) is 0.569. The zero-order valence-electron chi connectivity index (χ0n) is 17.2. The zero-order chi connectivity index (χ0) is 21.3. The summed E-state index contributed by atoms with van der Waals surface area (Å²) in [6.45, 7) is 0.681. The molecule has 0 aromatic heterocycles. The van der Waals surface area contributed by atoms with Gasteiger partial charge in [0, 0.05) is 5.92 Å². The summed E-state index contributed by atoms with van der Waals surface area (Å²) in [6.07, 6.45) is 0.684. The van der Waals surface area contributed by atoms with E-state index in [-0.39, 0.29) is 30.4 Å². The average Bonchev–Trinajstić information content (AvgIpc) is 3.38. The van der Waals surface area contributed by atoms with Crippen molar-refractivity contribution < 1.29 is 33.2 Å². The molecule has 0 spiro atoms. The van der Waals surface area contributed by atoms with Crippen molar-refractivity contribution in [2.24, 2.45) is 11.8 Å². The molecule has 2 radical (unpaired) electrons. The Bertz CT molecular complexity index is 923. The lowest BCUT2D eigenvalue weighted by molar-refractivity contribution is -0.141. The molecule has 0 N–H and O–H groups in total. The lowest BCUT2D eigenvalue weighted by atomic mass is 9.62. The van der Waals surface area contributed by atoms with E-state index < -0.39 is 0 Å². The van der Waals surface area contributed by atoms with Gasteiger partial charge in [-0.15, -0.1) is 0 Å². The second-order valence-electron chi connectivity index (χ2n) is 7.23. The zero-order valence-corrected chi connectivity index (χ0v) is 17.2. The second kappa shape index (κ2) is 8.38. The van der Waals surface area contributed by atoms with Crippen molar-refractivity contribution >= 4 is 13.8 Å². The van der Waals surface area contributed by atoms with Gasteiger partial charge in [0.15, 0.2) is 23.0 Å². The molecule has 0 unspecified atom stereocenters. The van der Waals surface area contributed by atoms with E-state index in [0.717, 1.165) is 22.6 Å². The standard InChI is InChI=1S/C13H11BO4.C9H12O3/c14-12-7-3-11-10(17-5-18-11)2-6(7)1-8-9(12)4-16-13(8)15;1-10-7-5-4-6-8(11-2)9(7)12-3/h2-3,8-9,12H,1,4-5H2;4-6H,1-3H3/t8-,9-,12+;/m0./s1. The van der Waals surface area contributed by atoms with Crippen LogP contribution in [0.5, 0.6) is 28.7 Å². The Balaban J connectivity index is 0.000000159. The lowest BCUT2D eigenvalue weighted by Crippen LogP contribution is -2.30. The highest BCUT2D eigenvalue weighted by Gasteiger charge is 2.44. The maximum atomic E-state index is 11.7. The highest BCUT2D eigenvalue weighted by atomic mass is 16.7. The highest BCUT2D eigenvalue weighted by Crippen LogP contribution is 2.46. The van der Waals surface area contributed by atoms with E-state index in [9.17, 15) is 4.79 Å². The van der Waals surface area contributed by atoms with Crippen molar-refractivity contribution in [3.63, 3.8) is 0 Å². The third kappa shape index (κ3) is 3.51. The van der Waals surface area contributed by atoms with Crippen LogP contribution in [0, 0.1) is 11.8 Å². The van der Waals surface area contributed by atoms with E-state index >= 15 is 0 Å². The van der Waals surface area contributed by atoms with E-state index in [4.69, 9.17) is 36.3 Å². The predicted molar refractivity (Wildman–Crippen MR) is 109 cm³/mol. The first kappa shape index (κ1) is 20.3. The van der Waals surface area contributed by atoms with Crippen molar-refractivity contribution in [1.82, 2.24) is 0 Å². The van der Waals surface area contributed by atoms with Crippen LogP contribution in [0.4, 0.5) is 0 Å². The molecule has 30 heavy (non-hydrogen) atoms. The fourth-order valence-corrected chi connectivity index (χ4v) is 4.14. The number of methoxy groups -OCH3 is 3. The Morgan fingerprint density at radius 3 is 2.27 bits per heavy atom. The van der Waals surface area contributed by atoms with Crippen LogP contribution < -0.4 is 23.7 Å². The van der Waals surface area contributed by atoms with Gasteiger partial charge in [0.1, 0.15) is 0 Å². The number of carbonyl (C=O) groups is 1. The summed E-state index contributed by atoms with van der Waals surface area (Å²) in [5.74, 6) is 3.16. The molecular formula is C22H23BO7. The van der Waals surface area contributed by atoms with Crippen LogP contribution in [-0.4, -0.2) is 48.5 Å². The molecule has 2 aromatic rings. The minimum Gasteiger partial charge on any atom is -0.493 e. The summed E-state index contributed by atoms with van der Waals surface area (Å²) in [5, 5.41) is 0. The Morgan fingerprint density at radius 2 is 1.63 bits per heavy atom. The van der Waals surface area contributed by atoms with E-state index in [0.29, 0.717) is 30.3 Å². The summed E-state index contributed by atoms with van der Waals surface area (Å²) >= 11 is 0. The highest BCUT2D eigenvalue weighted by molar-refractivity contribution is 6.13. The summed E-state index contributed by atoms with van der Waals surface area (Å²) in [7, 11) is 11.0. The third-order valence-corrected chi connectivity index (χ3v) is 5.72. The first-order valence-electron chi connectivity index (χ1n) is 9.67. The van der Waals surface area contributed by atoms with Crippen molar-refractivity contribution in [1.29, 1.82) is 0 Å². The molecular weight excluding hydrogens is 387 g/mol. The fourth-order valence-electron chi connectivity index (χ4n) is 4.14. The van der Waals surface area contributed by atoms with Gasteiger partial charge >= 0.3 is 5.97 Å². The minimum atomic E-state index is -0.167. The molecule has 0 bridgehead atoms. The molecule has 7 nitrogen and oxygen atoms in total. The Morgan fingerprint density at radius 1 is 0.967 bits per heavy atom. The van der Waals surface area contributed by atoms with Crippen LogP contribution in [0.1, 0.15) is 16.9 Å². The number of para-hydroxylation sites is 1. The molecule has 156 valence electrons. The molecule has 1 saturated heterocycles. The normalized spacial score (nSPS) is 22.8. The maximum absolute atomic E-state index is 11.7.